The van der Waals surface area contributed by atoms with Crippen LogP contribution in [0.4, 0.5) is 0 Å². The molecule has 0 radical (unpaired) electrons. The van der Waals surface area contributed by atoms with Crippen molar-refractivity contribution >= 4 is 23.2 Å². The van der Waals surface area contributed by atoms with Crippen LogP contribution < -0.4 is 0 Å². The molecule has 0 unspecified atom stereocenters. The number of aryl methyl sites for hydroxylation is 1. The summed E-state index contributed by atoms with van der Waals surface area (Å²) in [4.78, 5) is 4.40. The van der Waals surface area contributed by atoms with Crippen molar-refractivity contribution in [1.82, 2.24) is 4.98 Å². The first-order chi connectivity index (χ1) is 7.18. The maximum Gasteiger partial charge on any atom is 0.0735 e. The van der Waals surface area contributed by atoms with Crippen LogP contribution in [0.5, 0.6) is 0 Å². The Balaban J connectivity index is 2.63. The predicted molar refractivity (Wildman–Crippen MR) is 64.4 cm³/mol. The van der Waals surface area contributed by atoms with Crippen LogP contribution in [0, 0.1) is 6.92 Å². The maximum absolute atomic E-state index is 6.09. The number of rotatable bonds is 1. The first-order valence-corrected chi connectivity index (χ1v) is 5.32. The molecule has 1 aromatic heterocycles. The molecular weight excluding hydrogens is 229 g/mol. The summed E-state index contributed by atoms with van der Waals surface area (Å²) in [5, 5.41) is 1.25. The lowest BCUT2D eigenvalue weighted by atomic mass is 10.1. The molecule has 0 saturated carbocycles. The maximum atomic E-state index is 6.09. The van der Waals surface area contributed by atoms with Crippen molar-refractivity contribution in [2.45, 2.75) is 6.92 Å². The third kappa shape index (κ3) is 2.14. The van der Waals surface area contributed by atoms with E-state index in [1.165, 1.54) is 0 Å². The van der Waals surface area contributed by atoms with E-state index in [-0.39, 0.29) is 0 Å². The average molecular weight is 238 g/mol. The van der Waals surface area contributed by atoms with E-state index >= 15 is 0 Å². The van der Waals surface area contributed by atoms with Crippen molar-refractivity contribution in [3.63, 3.8) is 0 Å². The van der Waals surface area contributed by atoms with Gasteiger partial charge in [-0.2, -0.15) is 0 Å². The van der Waals surface area contributed by atoms with Gasteiger partial charge in [-0.1, -0.05) is 35.3 Å². The van der Waals surface area contributed by atoms with Gasteiger partial charge in [-0.05, 0) is 31.2 Å². The van der Waals surface area contributed by atoms with E-state index in [9.17, 15) is 0 Å². The molecule has 0 bridgehead atoms. The second kappa shape index (κ2) is 4.21. The van der Waals surface area contributed by atoms with Gasteiger partial charge in [0.25, 0.3) is 0 Å². The highest BCUT2D eigenvalue weighted by molar-refractivity contribution is 6.39. The molecule has 1 nitrogen and oxygen atoms in total. The Hall–Kier alpha value is -1.05. The Labute approximate surface area is 98.7 Å². The van der Waals surface area contributed by atoms with Crippen molar-refractivity contribution in [2.75, 3.05) is 0 Å². The van der Waals surface area contributed by atoms with E-state index < -0.39 is 0 Å². The quantitative estimate of drug-likeness (QED) is 0.719. The minimum Gasteiger partial charge on any atom is -0.253 e. The minimum absolute atomic E-state index is 0.626. The highest BCUT2D eigenvalue weighted by Gasteiger charge is 2.08. The zero-order chi connectivity index (χ0) is 10.8. The van der Waals surface area contributed by atoms with E-state index in [2.05, 4.69) is 4.98 Å². The molecule has 2 rings (SSSR count). The second-order valence-electron chi connectivity index (χ2n) is 3.26. The van der Waals surface area contributed by atoms with E-state index in [0.29, 0.717) is 10.0 Å². The SMILES string of the molecule is Cc1cccc(-c2c(Cl)cccc2Cl)n1. The predicted octanol–water partition coefficient (Wildman–Crippen LogP) is 4.36. The lowest BCUT2D eigenvalue weighted by Crippen LogP contribution is -1.87. The summed E-state index contributed by atoms with van der Waals surface area (Å²) in [6.45, 7) is 1.94. The molecular formula is C12H9Cl2N. The lowest BCUT2D eigenvalue weighted by molar-refractivity contribution is 1.21. The number of halogens is 2. The molecule has 0 aliphatic heterocycles. The number of hydrogen-bond acceptors (Lipinski definition) is 1. The molecule has 0 spiro atoms. The van der Waals surface area contributed by atoms with Crippen molar-refractivity contribution < 1.29 is 0 Å². The molecule has 2 aromatic rings. The first kappa shape index (κ1) is 10.5. The van der Waals surface area contributed by atoms with Gasteiger partial charge in [-0.25, -0.2) is 0 Å². The molecule has 76 valence electrons. The molecule has 0 atom stereocenters. The molecule has 0 aliphatic rings. The minimum atomic E-state index is 0.626. The van der Waals surface area contributed by atoms with Gasteiger partial charge >= 0.3 is 0 Å². The fourth-order valence-electron chi connectivity index (χ4n) is 1.42. The van der Waals surface area contributed by atoms with Gasteiger partial charge in [-0.3, -0.25) is 4.98 Å². The van der Waals surface area contributed by atoms with Crippen LogP contribution in [0.3, 0.4) is 0 Å². The topological polar surface area (TPSA) is 12.9 Å². The Kier molecular flexibility index (Phi) is 2.94. The standard InChI is InChI=1S/C12H9Cl2N/c1-8-4-2-7-11(15-8)12-9(13)5-3-6-10(12)14/h2-7H,1H3. The summed E-state index contributed by atoms with van der Waals surface area (Å²) in [6, 6.07) is 11.2. The van der Waals surface area contributed by atoms with E-state index in [1.807, 2.05) is 43.3 Å². The third-order valence-electron chi connectivity index (χ3n) is 2.11. The number of hydrogen-bond donors (Lipinski definition) is 0. The normalized spacial score (nSPS) is 10.3. The molecule has 0 N–H and O–H groups in total. The number of benzene rings is 1. The second-order valence-corrected chi connectivity index (χ2v) is 4.08. The highest BCUT2D eigenvalue weighted by Crippen LogP contribution is 2.33. The van der Waals surface area contributed by atoms with Gasteiger partial charge in [0.2, 0.25) is 0 Å². The fourth-order valence-corrected chi connectivity index (χ4v) is 2.02. The summed E-state index contributed by atoms with van der Waals surface area (Å²) in [5.41, 5.74) is 2.55. The monoisotopic (exact) mass is 237 g/mol. The highest BCUT2D eigenvalue weighted by atomic mass is 35.5. The molecule has 0 saturated heterocycles. The Morgan fingerprint density at radius 3 is 2.13 bits per heavy atom. The fraction of sp³-hybridized carbons (Fsp3) is 0.0833. The van der Waals surface area contributed by atoms with Crippen molar-refractivity contribution in [2.24, 2.45) is 0 Å². The molecule has 0 amide bonds. The first-order valence-electron chi connectivity index (χ1n) is 4.56. The van der Waals surface area contributed by atoms with Gasteiger partial charge in [0, 0.05) is 11.3 Å². The van der Waals surface area contributed by atoms with E-state index in [4.69, 9.17) is 23.2 Å². The number of aromatic nitrogens is 1. The summed E-state index contributed by atoms with van der Waals surface area (Å²) in [6.07, 6.45) is 0. The van der Waals surface area contributed by atoms with Gasteiger partial charge in [-0.15, -0.1) is 0 Å². The van der Waals surface area contributed by atoms with Crippen LogP contribution in [0.15, 0.2) is 36.4 Å². The molecule has 0 fully saturated rings. The van der Waals surface area contributed by atoms with E-state index in [1.54, 1.807) is 0 Å². The van der Waals surface area contributed by atoms with Crippen LogP contribution in [-0.4, -0.2) is 4.98 Å². The average Bonchev–Trinajstić information content (AvgIpc) is 2.17. The van der Waals surface area contributed by atoms with Crippen LogP contribution in [0.1, 0.15) is 5.69 Å². The van der Waals surface area contributed by atoms with Gasteiger partial charge < -0.3 is 0 Å². The van der Waals surface area contributed by atoms with Gasteiger partial charge in [0.1, 0.15) is 0 Å². The summed E-state index contributed by atoms with van der Waals surface area (Å²) >= 11 is 12.2. The van der Waals surface area contributed by atoms with Crippen molar-refractivity contribution in [1.29, 1.82) is 0 Å². The summed E-state index contributed by atoms with van der Waals surface area (Å²) in [5.74, 6) is 0. The number of pyridine rings is 1. The summed E-state index contributed by atoms with van der Waals surface area (Å²) in [7, 11) is 0. The van der Waals surface area contributed by atoms with Gasteiger partial charge in [0.15, 0.2) is 0 Å². The molecule has 0 aliphatic carbocycles. The molecule has 15 heavy (non-hydrogen) atoms. The van der Waals surface area contributed by atoms with Crippen LogP contribution in [-0.2, 0) is 0 Å². The Morgan fingerprint density at radius 2 is 1.53 bits per heavy atom. The van der Waals surface area contributed by atoms with Crippen molar-refractivity contribution in [3.8, 4) is 11.3 Å². The van der Waals surface area contributed by atoms with Crippen LogP contribution >= 0.6 is 23.2 Å². The molecule has 1 aromatic carbocycles. The van der Waals surface area contributed by atoms with Gasteiger partial charge in [0.05, 0.1) is 15.7 Å². The molecule has 3 heteroatoms. The number of nitrogens with zero attached hydrogens (tertiary/aromatic N) is 1. The largest absolute Gasteiger partial charge is 0.253 e. The Morgan fingerprint density at radius 1 is 0.933 bits per heavy atom. The smallest absolute Gasteiger partial charge is 0.0735 e. The lowest BCUT2D eigenvalue weighted by Gasteiger charge is -2.06. The third-order valence-corrected chi connectivity index (χ3v) is 2.74. The zero-order valence-electron chi connectivity index (χ0n) is 8.17. The van der Waals surface area contributed by atoms with Crippen LogP contribution in [0.2, 0.25) is 10.0 Å². The summed E-state index contributed by atoms with van der Waals surface area (Å²) < 4.78 is 0. The van der Waals surface area contributed by atoms with Crippen molar-refractivity contribution in [3.05, 3.63) is 52.1 Å². The zero-order valence-corrected chi connectivity index (χ0v) is 9.68. The molecule has 1 heterocycles. The Bertz CT molecular complexity index is 474. The van der Waals surface area contributed by atoms with E-state index in [0.717, 1.165) is 17.0 Å². The van der Waals surface area contributed by atoms with Crippen LogP contribution in [0.25, 0.3) is 11.3 Å².